The van der Waals surface area contributed by atoms with E-state index in [4.69, 9.17) is 10.5 Å². The van der Waals surface area contributed by atoms with Gasteiger partial charge in [-0.05, 0) is 34.7 Å². The number of nitrogens with zero attached hydrogens (tertiary/aromatic N) is 2. The SMILES string of the molecule is Nc1cccc(OCCn2cncc(I)c2=O)c1. The highest BCUT2D eigenvalue weighted by Gasteiger charge is 2.01. The standard InChI is InChI=1S/C12H12IN3O2/c13-11-7-15-8-16(12(11)17)4-5-18-10-3-1-2-9(14)6-10/h1-3,6-8H,4-5,14H2. The van der Waals surface area contributed by atoms with Crippen molar-refractivity contribution in [2.75, 3.05) is 12.3 Å². The minimum absolute atomic E-state index is 0.0539. The minimum atomic E-state index is -0.0539. The average molecular weight is 357 g/mol. The van der Waals surface area contributed by atoms with Crippen molar-refractivity contribution in [3.63, 3.8) is 0 Å². The van der Waals surface area contributed by atoms with Gasteiger partial charge in [0, 0.05) is 18.0 Å². The lowest BCUT2D eigenvalue weighted by Crippen LogP contribution is -2.25. The normalized spacial score (nSPS) is 10.3. The summed E-state index contributed by atoms with van der Waals surface area (Å²) in [6, 6.07) is 7.19. The van der Waals surface area contributed by atoms with Gasteiger partial charge in [-0.1, -0.05) is 6.07 Å². The van der Waals surface area contributed by atoms with Gasteiger partial charge in [0.1, 0.15) is 12.4 Å². The van der Waals surface area contributed by atoms with E-state index < -0.39 is 0 Å². The van der Waals surface area contributed by atoms with Crippen molar-refractivity contribution >= 4 is 28.3 Å². The maximum absolute atomic E-state index is 11.7. The molecule has 0 radical (unpaired) electrons. The first kappa shape index (κ1) is 12.9. The molecule has 0 aliphatic rings. The molecule has 94 valence electrons. The summed E-state index contributed by atoms with van der Waals surface area (Å²) in [4.78, 5) is 15.7. The number of anilines is 1. The third kappa shape index (κ3) is 3.22. The fraction of sp³-hybridized carbons (Fsp3) is 0.167. The van der Waals surface area contributed by atoms with Gasteiger partial charge in [-0.2, -0.15) is 0 Å². The number of aromatic nitrogens is 2. The summed E-state index contributed by atoms with van der Waals surface area (Å²) in [5.41, 5.74) is 6.24. The van der Waals surface area contributed by atoms with Crippen molar-refractivity contribution in [3.8, 4) is 5.75 Å². The Morgan fingerprint density at radius 3 is 3.06 bits per heavy atom. The quantitative estimate of drug-likeness (QED) is 0.665. The lowest BCUT2D eigenvalue weighted by molar-refractivity contribution is 0.295. The molecule has 0 aliphatic heterocycles. The Balaban J connectivity index is 1.97. The molecule has 5 nitrogen and oxygen atoms in total. The highest BCUT2D eigenvalue weighted by molar-refractivity contribution is 14.1. The van der Waals surface area contributed by atoms with Crippen LogP contribution >= 0.6 is 22.6 Å². The molecule has 0 atom stereocenters. The zero-order valence-corrected chi connectivity index (χ0v) is 11.7. The zero-order valence-electron chi connectivity index (χ0n) is 9.54. The van der Waals surface area contributed by atoms with Crippen molar-refractivity contribution < 1.29 is 4.74 Å². The number of hydrogen-bond acceptors (Lipinski definition) is 4. The first-order valence-corrected chi connectivity index (χ1v) is 6.43. The molecule has 2 aromatic rings. The fourth-order valence-electron chi connectivity index (χ4n) is 1.45. The maximum atomic E-state index is 11.7. The predicted molar refractivity (Wildman–Crippen MR) is 77.6 cm³/mol. The van der Waals surface area contributed by atoms with Crippen LogP contribution in [0.5, 0.6) is 5.75 Å². The molecule has 0 fully saturated rings. The van der Waals surface area contributed by atoms with Crippen LogP contribution in [0.3, 0.4) is 0 Å². The largest absolute Gasteiger partial charge is 0.492 e. The molecule has 0 aliphatic carbocycles. The molecule has 1 heterocycles. The number of nitrogens with two attached hydrogens (primary N) is 1. The van der Waals surface area contributed by atoms with E-state index in [0.29, 0.717) is 28.2 Å². The highest BCUT2D eigenvalue weighted by atomic mass is 127. The fourth-order valence-corrected chi connectivity index (χ4v) is 1.92. The molecule has 0 saturated heterocycles. The Hall–Kier alpha value is -1.57. The van der Waals surface area contributed by atoms with Crippen LogP contribution in [0.4, 0.5) is 5.69 Å². The van der Waals surface area contributed by atoms with E-state index >= 15 is 0 Å². The van der Waals surface area contributed by atoms with E-state index in [2.05, 4.69) is 4.98 Å². The van der Waals surface area contributed by atoms with Gasteiger partial charge in [-0.3, -0.25) is 9.36 Å². The minimum Gasteiger partial charge on any atom is -0.492 e. The summed E-state index contributed by atoms with van der Waals surface area (Å²) < 4.78 is 7.63. The van der Waals surface area contributed by atoms with Crippen LogP contribution in [-0.4, -0.2) is 16.2 Å². The summed E-state index contributed by atoms with van der Waals surface area (Å²) in [6.07, 6.45) is 3.05. The molecule has 2 rings (SSSR count). The Bertz CT molecular complexity index is 598. The average Bonchev–Trinajstić information content (AvgIpc) is 2.35. The molecule has 6 heteroatoms. The molecule has 1 aromatic heterocycles. The molecule has 0 unspecified atom stereocenters. The highest BCUT2D eigenvalue weighted by Crippen LogP contribution is 2.14. The molecule has 0 spiro atoms. The van der Waals surface area contributed by atoms with E-state index in [1.54, 1.807) is 12.1 Å². The summed E-state index contributed by atoms with van der Waals surface area (Å²) in [5, 5.41) is 0. The lowest BCUT2D eigenvalue weighted by Gasteiger charge is -2.08. The molecule has 18 heavy (non-hydrogen) atoms. The molecule has 2 N–H and O–H groups in total. The summed E-state index contributed by atoms with van der Waals surface area (Å²) in [6.45, 7) is 0.850. The number of halogens is 1. The summed E-state index contributed by atoms with van der Waals surface area (Å²) >= 11 is 1.96. The summed E-state index contributed by atoms with van der Waals surface area (Å²) in [5.74, 6) is 0.696. The third-order valence-electron chi connectivity index (χ3n) is 2.32. The van der Waals surface area contributed by atoms with Gasteiger partial charge in [0.25, 0.3) is 5.56 Å². The van der Waals surface area contributed by atoms with Gasteiger partial charge in [-0.25, -0.2) is 4.98 Å². The molecule has 1 aromatic carbocycles. The van der Waals surface area contributed by atoms with Crippen LogP contribution in [0.15, 0.2) is 41.6 Å². The van der Waals surface area contributed by atoms with Crippen molar-refractivity contribution in [1.29, 1.82) is 0 Å². The van der Waals surface area contributed by atoms with Gasteiger partial charge in [0.15, 0.2) is 0 Å². The zero-order chi connectivity index (χ0) is 13.0. The number of nitrogen functional groups attached to an aromatic ring is 1. The van der Waals surface area contributed by atoms with E-state index in [-0.39, 0.29) is 5.56 Å². The topological polar surface area (TPSA) is 70.1 Å². The lowest BCUT2D eigenvalue weighted by atomic mass is 10.3. The van der Waals surface area contributed by atoms with Crippen LogP contribution < -0.4 is 16.0 Å². The van der Waals surface area contributed by atoms with Crippen molar-refractivity contribution in [2.24, 2.45) is 0 Å². The van der Waals surface area contributed by atoms with Gasteiger partial charge < -0.3 is 10.5 Å². The van der Waals surface area contributed by atoms with Gasteiger partial charge in [0.05, 0.1) is 16.4 Å². The Kier molecular flexibility index (Phi) is 4.19. The van der Waals surface area contributed by atoms with E-state index in [0.717, 1.165) is 0 Å². The van der Waals surface area contributed by atoms with E-state index in [1.165, 1.54) is 17.1 Å². The number of hydrogen-bond donors (Lipinski definition) is 1. The number of ether oxygens (including phenoxy) is 1. The van der Waals surface area contributed by atoms with E-state index in [1.807, 2.05) is 34.7 Å². The second-order valence-corrected chi connectivity index (χ2v) is 4.82. The molecule has 0 saturated carbocycles. The van der Waals surface area contributed by atoms with Crippen LogP contribution in [-0.2, 0) is 6.54 Å². The Labute approximate surface area is 118 Å². The van der Waals surface area contributed by atoms with E-state index in [9.17, 15) is 4.79 Å². The monoisotopic (exact) mass is 357 g/mol. The molecular formula is C12H12IN3O2. The molecule has 0 amide bonds. The van der Waals surface area contributed by atoms with Crippen molar-refractivity contribution in [2.45, 2.75) is 6.54 Å². The number of benzene rings is 1. The van der Waals surface area contributed by atoms with Gasteiger partial charge in [0.2, 0.25) is 0 Å². The third-order valence-corrected chi connectivity index (χ3v) is 3.06. The van der Waals surface area contributed by atoms with Crippen LogP contribution in [0.1, 0.15) is 0 Å². The van der Waals surface area contributed by atoms with Crippen LogP contribution in [0.25, 0.3) is 0 Å². The Morgan fingerprint density at radius 2 is 2.28 bits per heavy atom. The first-order chi connectivity index (χ1) is 8.66. The van der Waals surface area contributed by atoms with Crippen molar-refractivity contribution in [3.05, 3.63) is 50.7 Å². The van der Waals surface area contributed by atoms with Crippen molar-refractivity contribution in [1.82, 2.24) is 9.55 Å². The Morgan fingerprint density at radius 1 is 1.44 bits per heavy atom. The number of rotatable bonds is 4. The second kappa shape index (κ2) is 5.85. The van der Waals surface area contributed by atoms with Gasteiger partial charge >= 0.3 is 0 Å². The maximum Gasteiger partial charge on any atom is 0.266 e. The predicted octanol–water partition coefficient (Wildman–Crippen LogP) is 1.51. The van der Waals surface area contributed by atoms with Gasteiger partial charge in [-0.15, -0.1) is 0 Å². The second-order valence-electron chi connectivity index (χ2n) is 3.66. The molecule has 0 bridgehead atoms. The molecular weight excluding hydrogens is 345 g/mol. The summed E-state index contributed by atoms with van der Waals surface area (Å²) in [7, 11) is 0. The first-order valence-electron chi connectivity index (χ1n) is 5.35. The smallest absolute Gasteiger partial charge is 0.266 e. The van der Waals surface area contributed by atoms with Crippen LogP contribution in [0.2, 0.25) is 0 Å². The van der Waals surface area contributed by atoms with Crippen LogP contribution in [0, 0.1) is 3.57 Å².